The van der Waals surface area contributed by atoms with E-state index in [2.05, 4.69) is 29.6 Å². The van der Waals surface area contributed by atoms with Gasteiger partial charge in [-0.25, -0.2) is 0 Å². The summed E-state index contributed by atoms with van der Waals surface area (Å²) in [7, 11) is 3.24. The van der Waals surface area contributed by atoms with Crippen molar-refractivity contribution in [1.29, 1.82) is 0 Å². The van der Waals surface area contributed by atoms with Gasteiger partial charge in [-0.2, -0.15) is 10.2 Å². The van der Waals surface area contributed by atoms with Crippen LogP contribution in [0.3, 0.4) is 0 Å². The first kappa shape index (κ1) is 45.7. The van der Waals surface area contributed by atoms with Gasteiger partial charge in [-0.15, -0.1) is 0 Å². The standard InChI is InChI=1S/C47H52Cl4N10O3/c1-29-23-33(11-13-52-29)45-43(50)31(3)60(54-45)27-39(58-19-15-56(16-20-58)35-7-9-37(48)41(25-35)63-5)47(62)40(28-61-32(4)44(51)46(55-61)34-12-14-53-30(2)24-34)59-21-17-57(18-22-59)36-8-10-38(49)42(26-36)64-6/h7-14,23-26,39-40H,15-22,27-28H2,1-6H3. The summed E-state index contributed by atoms with van der Waals surface area (Å²) in [6.07, 6.45) is 3.52. The lowest BCUT2D eigenvalue weighted by Gasteiger charge is -2.43. The van der Waals surface area contributed by atoms with Gasteiger partial charge in [0.1, 0.15) is 22.9 Å². The van der Waals surface area contributed by atoms with Crippen molar-refractivity contribution in [2.75, 3.05) is 76.4 Å². The van der Waals surface area contributed by atoms with Crippen LogP contribution in [0.1, 0.15) is 22.8 Å². The molecule has 2 saturated heterocycles. The molecule has 4 aromatic heterocycles. The summed E-state index contributed by atoms with van der Waals surface area (Å²) in [6, 6.07) is 18.3. The Labute approximate surface area is 394 Å². The van der Waals surface area contributed by atoms with E-state index in [0.29, 0.717) is 108 Å². The fourth-order valence-corrected chi connectivity index (χ4v) is 9.63. The molecule has 0 saturated carbocycles. The van der Waals surface area contributed by atoms with Crippen molar-refractivity contribution in [1.82, 2.24) is 39.3 Å². The van der Waals surface area contributed by atoms with E-state index in [1.54, 1.807) is 26.6 Å². The molecule has 6 aromatic rings. The van der Waals surface area contributed by atoms with Crippen molar-refractivity contribution in [3.05, 3.63) is 116 Å². The monoisotopic (exact) mass is 944 g/mol. The van der Waals surface area contributed by atoms with Gasteiger partial charge in [0, 0.05) is 111 Å². The van der Waals surface area contributed by atoms with Crippen molar-refractivity contribution in [2.24, 2.45) is 0 Å². The molecule has 17 heteroatoms. The largest absolute Gasteiger partial charge is 0.495 e. The van der Waals surface area contributed by atoms with E-state index in [1.165, 1.54) is 0 Å². The van der Waals surface area contributed by atoms with Crippen LogP contribution < -0.4 is 19.3 Å². The molecule has 2 aliphatic rings. The van der Waals surface area contributed by atoms with Gasteiger partial charge < -0.3 is 19.3 Å². The van der Waals surface area contributed by atoms with E-state index in [-0.39, 0.29) is 5.78 Å². The number of pyridine rings is 2. The molecule has 2 unspecified atom stereocenters. The number of aryl methyl sites for hydroxylation is 2. The van der Waals surface area contributed by atoms with Crippen LogP contribution in [-0.2, 0) is 17.9 Å². The molecular formula is C47H52Cl4N10O3. The van der Waals surface area contributed by atoms with Gasteiger partial charge in [0.15, 0.2) is 5.78 Å². The highest BCUT2D eigenvalue weighted by Crippen LogP contribution is 2.35. The van der Waals surface area contributed by atoms with Gasteiger partial charge >= 0.3 is 0 Å². The lowest BCUT2D eigenvalue weighted by atomic mass is 9.99. The molecule has 2 aliphatic heterocycles. The average molecular weight is 947 g/mol. The summed E-state index contributed by atoms with van der Waals surface area (Å²) in [6.45, 7) is 13.6. The summed E-state index contributed by atoms with van der Waals surface area (Å²) >= 11 is 26.9. The minimum Gasteiger partial charge on any atom is -0.495 e. The maximum absolute atomic E-state index is 15.9. The molecule has 0 bridgehead atoms. The van der Waals surface area contributed by atoms with Gasteiger partial charge in [0.2, 0.25) is 0 Å². The molecule has 0 radical (unpaired) electrons. The van der Waals surface area contributed by atoms with Crippen LogP contribution in [0.4, 0.5) is 11.4 Å². The van der Waals surface area contributed by atoms with Crippen molar-refractivity contribution < 1.29 is 14.3 Å². The summed E-state index contributed by atoms with van der Waals surface area (Å²) in [5.74, 6) is 1.31. The second-order valence-electron chi connectivity index (χ2n) is 16.3. The zero-order chi connectivity index (χ0) is 45.2. The van der Waals surface area contributed by atoms with Crippen molar-refractivity contribution in [3.8, 4) is 34.0 Å². The van der Waals surface area contributed by atoms with Crippen LogP contribution in [0, 0.1) is 27.7 Å². The lowest BCUT2D eigenvalue weighted by molar-refractivity contribution is -0.131. The van der Waals surface area contributed by atoms with Gasteiger partial charge in [-0.3, -0.25) is 33.9 Å². The van der Waals surface area contributed by atoms with Crippen molar-refractivity contribution in [3.63, 3.8) is 0 Å². The number of Topliss-reactive ketones (excluding diaryl/α,β-unsaturated/α-hetero) is 1. The highest BCUT2D eigenvalue weighted by molar-refractivity contribution is 6.34. The average Bonchev–Trinajstić information content (AvgIpc) is 3.75. The third-order valence-electron chi connectivity index (χ3n) is 12.5. The van der Waals surface area contributed by atoms with Crippen LogP contribution in [0.25, 0.3) is 22.5 Å². The van der Waals surface area contributed by atoms with Gasteiger partial charge in [-0.1, -0.05) is 46.4 Å². The van der Waals surface area contributed by atoms with Crippen LogP contribution in [0.5, 0.6) is 11.5 Å². The van der Waals surface area contributed by atoms with E-state index < -0.39 is 12.1 Å². The Morgan fingerprint density at radius 3 is 1.33 bits per heavy atom. The molecule has 13 nitrogen and oxygen atoms in total. The van der Waals surface area contributed by atoms with E-state index >= 15 is 4.79 Å². The molecule has 0 N–H and O–H groups in total. The molecule has 0 spiro atoms. The van der Waals surface area contributed by atoms with Crippen LogP contribution in [0.15, 0.2) is 73.1 Å². The number of piperazine rings is 2. The molecular weight excluding hydrogens is 894 g/mol. The molecule has 2 atom stereocenters. The lowest BCUT2D eigenvalue weighted by Crippen LogP contribution is -2.61. The Hall–Kier alpha value is -4.89. The van der Waals surface area contributed by atoms with Gasteiger partial charge in [0.05, 0.1) is 70.9 Å². The summed E-state index contributed by atoms with van der Waals surface area (Å²) < 4.78 is 14.9. The predicted octanol–water partition coefficient (Wildman–Crippen LogP) is 8.72. The number of aromatic nitrogens is 6. The highest BCUT2D eigenvalue weighted by Gasteiger charge is 2.39. The summed E-state index contributed by atoms with van der Waals surface area (Å²) in [5, 5.41) is 12.4. The number of halogens is 4. The third kappa shape index (κ3) is 9.56. The van der Waals surface area contributed by atoms with E-state index in [4.69, 9.17) is 66.1 Å². The summed E-state index contributed by atoms with van der Waals surface area (Å²) in [4.78, 5) is 33.9. The molecule has 6 heterocycles. The van der Waals surface area contributed by atoms with Gasteiger partial charge in [-0.05, 0) is 76.2 Å². The van der Waals surface area contributed by atoms with Gasteiger partial charge in [0.25, 0.3) is 0 Å². The number of ether oxygens (including phenoxy) is 2. The van der Waals surface area contributed by atoms with Crippen LogP contribution in [-0.4, -0.2) is 124 Å². The number of nitrogens with zero attached hydrogens (tertiary/aromatic N) is 10. The van der Waals surface area contributed by atoms with E-state index in [1.807, 2.05) is 97.7 Å². The number of ketones is 1. The second kappa shape index (κ2) is 19.7. The fraction of sp³-hybridized carbons (Fsp3) is 0.383. The molecule has 64 heavy (non-hydrogen) atoms. The Balaban J connectivity index is 1.15. The zero-order valence-electron chi connectivity index (χ0n) is 36.9. The van der Waals surface area contributed by atoms with Crippen LogP contribution >= 0.6 is 46.4 Å². The van der Waals surface area contributed by atoms with Crippen molar-refractivity contribution in [2.45, 2.75) is 52.9 Å². The van der Waals surface area contributed by atoms with Crippen LogP contribution in [0.2, 0.25) is 20.1 Å². The SMILES string of the molecule is COc1cc(N2CCN(C(Cn3nc(-c4ccnc(C)c4)c(Cl)c3C)C(=O)C(Cn3nc(-c4ccnc(C)c4)c(Cl)c3C)N3CCN(c4ccc(Cl)c(OC)c4)CC3)CC2)ccc1Cl. The number of carbonyl (C=O) groups excluding carboxylic acids is 1. The molecule has 2 aromatic carbocycles. The predicted molar refractivity (Wildman–Crippen MR) is 256 cm³/mol. The second-order valence-corrected chi connectivity index (χ2v) is 17.9. The minimum atomic E-state index is -0.569. The first-order chi connectivity index (χ1) is 30.8. The topological polar surface area (TPSA) is 110 Å². The number of hydrogen-bond donors (Lipinski definition) is 0. The Morgan fingerprint density at radius 1 is 0.578 bits per heavy atom. The summed E-state index contributed by atoms with van der Waals surface area (Å²) in [5.41, 5.74) is 8.36. The Kier molecular flexibility index (Phi) is 14.1. The third-order valence-corrected chi connectivity index (χ3v) is 14.0. The zero-order valence-corrected chi connectivity index (χ0v) is 39.9. The number of anilines is 2. The minimum absolute atomic E-state index is 0.0721. The van der Waals surface area contributed by atoms with E-state index in [9.17, 15) is 0 Å². The fourth-order valence-electron chi connectivity index (χ4n) is 8.75. The number of methoxy groups -OCH3 is 2. The first-order valence-corrected chi connectivity index (χ1v) is 22.8. The van der Waals surface area contributed by atoms with E-state index in [0.717, 1.165) is 45.3 Å². The number of carbonyl (C=O) groups is 1. The van der Waals surface area contributed by atoms with Crippen molar-refractivity contribution >= 4 is 63.6 Å². The highest BCUT2D eigenvalue weighted by atomic mass is 35.5. The molecule has 0 amide bonds. The molecule has 0 aliphatic carbocycles. The molecule has 8 rings (SSSR count). The first-order valence-electron chi connectivity index (χ1n) is 21.3. The molecule has 336 valence electrons. The normalized spacial score (nSPS) is 16.0. The Morgan fingerprint density at radius 2 is 0.969 bits per heavy atom. The Bertz CT molecular complexity index is 2460. The number of benzene rings is 2. The number of hydrogen-bond acceptors (Lipinski definition) is 11. The quantitative estimate of drug-likeness (QED) is 0.105. The molecule has 2 fully saturated rings. The maximum atomic E-state index is 15.9. The number of rotatable bonds is 14. The smallest absolute Gasteiger partial charge is 0.170 e. The maximum Gasteiger partial charge on any atom is 0.170 e.